The van der Waals surface area contributed by atoms with Gasteiger partial charge in [0.1, 0.15) is 22.3 Å². The van der Waals surface area contributed by atoms with Crippen LogP contribution in [0.1, 0.15) is 25.0 Å². The van der Waals surface area contributed by atoms with Crippen molar-refractivity contribution < 1.29 is 8.83 Å². The fourth-order valence-corrected chi connectivity index (χ4v) is 20.2. The van der Waals surface area contributed by atoms with E-state index >= 15 is 0 Å². The van der Waals surface area contributed by atoms with Gasteiger partial charge in [-0.3, -0.25) is 0 Å². The van der Waals surface area contributed by atoms with Crippen molar-refractivity contribution in [2.45, 2.75) is 19.3 Å². The Kier molecular flexibility index (Phi) is 16.9. The first kappa shape index (κ1) is 72.0. The summed E-state index contributed by atoms with van der Waals surface area (Å²) in [4.78, 5) is 4.97. The highest BCUT2D eigenvalue weighted by atomic mass is 16.3. The SMILES string of the molecule is CC1(C)c2cccc(-c3ccc4oc5ccc(-c6cccc(N(c7cc(-c8cccc9ccccc89)ccc7-c7ccccc7)c7ccccc7-n7c8ccccc8c8ccccc87)c6)cc5c4c3)c2-c2cccc(-c3ccc(N(c4cccc(-c5ccc6oc7ccccc7c6c5)c4)c4cc(-c5cccc6ccccc56)ccc4-c4ccccc4)cc3)c21. The van der Waals surface area contributed by atoms with Crippen molar-refractivity contribution in [1.29, 1.82) is 0 Å². The van der Waals surface area contributed by atoms with Crippen molar-refractivity contribution in [2.24, 2.45) is 0 Å². The molecule has 20 aromatic carbocycles. The fourth-order valence-electron chi connectivity index (χ4n) is 20.2. The van der Waals surface area contributed by atoms with Gasteiger partial charge >= 0.3 is 0 Å². The van der Waals surface area contributed by atoms with Crippen LogP contribution in [-0.4, -0.2) is 4.57 Å². The number of fused-ring (bicyclic) bond motifs is 14. The molecule has 0 atom stereocenters. The molecule has 0 aliphatic heterocycles. The molecule has 0 spiro atoms. The number of para-hydroxylation sites is 5. The number of hydrogen-bond acceptors (Lipinski definition) is 4. The summed E-state index contributed by atoms with van der Waals surface area (Å²) < 4.78 is 15.7. The molecule has 1 aliphatic carbocycles. The predicted octanol–water partition coefficient (Wildman–Crippen LogP) is 33.5. The second-order valence-corrected chi connectivity index (χ2v) is 33.3. The Bertz CT molecular complexity index is 8160. The van der Waals surface area contributed by atoms with Crippen LogP contribution in [-0.2, 0) is 5.41 Å². The largest absolute Gasteiger partial charge is 0.456 e. The molecule has 24 rings (SSSR count). The van der Waals surface area contributed by atoms with E-state index in [1.54, 1.807) is 0 Å². The van der Waals surface area contributed by atoms with Crippen LogP contribution in [0, 0.1) is 0 Å². The normalized spacial score (nSPS) is 12.3. The molecule has 0 fully saturated rings. The Morgan fingerprint density at radius 2 is 0.605 bits per heavy atom. The van der Waals surface area contributed by atoms with Crippen molar-refractivity contribution in [3.8, 4) is 106 Å². The average Bonchev–Trinajstić information content (AvgIpc) is 1.55. The van der Waals surface area contributed by atoms with Crippen LogP contribution in [0.4, 0.5) is 34.1 Å². The molecule has 124 heavy (non-hydrogen) atoms. The summed E-state index contributed by atoms with van der Waals surface area (Å²) in [5, 5.41) is 11.6. The van der Waals surface area contributed by atoms with Gasteiger partial charge in [-0.1, -0.05) is 341 Å². The molecule has 0 saturated carbocycles. The molecule has 5 heteroatoms. The second-order valence-electron chi connectivity index (χ2n) is 33.3. The number of furan rings is 2. The van der Waals surface area contributed by atoms with Gasteiger partial charge in [0.05, 0.1) is 33.8 Å². The molecule has 3 heterocycles. The van der Waals surface area contributed by atoms with Gasteiger partial charge in [-0.25, -0.2) is 0 Å². The highest BCUT2D eigenvalue weighted by Gasteiger charge is 2.39. The van der Waals surface area contributed by atoms with Gasteiger partial charge in [0.25, 0.3) is 0 Å². The first-order valence-electron chi connectivity index (χ1n) is 42.7. The zero-order valence-electron chi connectivity index (χ0n) is 68.3. The number of benzene rings is 20. The van der Waals surface area contributed by atoms with Crippen LogP contribution in [0.3, 0.4) is 0 Å². The highest BCUT2D eigenvalue weighted by Crippen LogP contribution is 2.57. The molecule has 0 radical (unpaired) electrons. The molecule has 0 bridgehead atoms. The van der Waals surface area contributed by atoms with E-state index in [9.17, 15) is 0 Å². The minimum absolute atomic E-state index is 0.359. The Morgan fingerprint density at radius 3 is 1.21 bits per heavy atom. The van der Waals surface area contributed by atoms with Gasteiger partial charge in [-0.05, 0) is 237 Å². The van der Waals surface area contributed by atoms with Crippen molar-refractivity contribution >= 4 is 121 Å². The molecule has 0 saturated heterocycles. The van der Waals surface area contributed by atoms with Gasteiger partial charge in [-0.15, -0.1) is 0 Å². The Balaban J connectivity index is 0.617. The number of rotatable bonds is 15. The molecular formula is C119H79N3O2. The monoisotopic (exact) mass is 1580 g/mol. The van der Waals surface area contributed by atoms with E-state index in [1.807, 2.05) is 12.1 Å². The third kappa shape index (κ3) is 11.9. The standard InChI is InChI=1S/C119H79N3O2/c1-119(2)106-49-26-46-97(117(106)102-48-25-47-98(118(102)119)80-55-62-88(63-56-80)120(89-37-21-35-81(69-89)83-59-66-114-103(71-83)101-43-15-20-54-113(101)123-114)111-74-86(57-64-95(111)78-27-5-3-6-28-78)93-44-23-33-76-31-9-11-39-91(76)93)85-61-68-116-105(73-85)104-72-84(60-67-115(104)124-116)82-36-22-38-90(70-82)121(109-52-18-19-53-110(109)122-107-50-16-13-41-99(107)100-42-14-17-51-108(100)122)112-75-87(58-65-96(112)79-29-7-4-8-30-79)94-45-24-34-77-32-10-12-40-92(77)94/h3-75H,1-2H3. The average molecular weight is 1580 g/mol. The lowest BCUT2D eigenvalue weighted by atomic mass is 9.78. The maximum absolute atomic E-state index is 6.86. The van der Waals surface area contributed by atoms with Crippen LogP contribution in [0.25, 0.3) is 193 Å². The number of anilines is 6. The summed E-state index contributed by atoms with van der Waals surface area (Å²) >= 11 is 0. The van der Waals surface area contributed by atoms with E-state index in [4.69, 9.17) is 8.83 Å². The molecule has 1 aliphatic rings. The minimum atomic E-state index is -0.359. The van der Waals surface area contributed by atoms with Gasteiger partial charge in [0.2, 0.25) is 0 Å². The molecule has 0 N–H and O–H groups in total. The maximum Gasteiger partial charge on any atom is 0.135 e. The number of aromatic nitrogens is 1. The fraction of sp³-hybridized carbons (Fsp3) is 0.0252. The van der Waals surface area contributed by atoms with Crippen molar-refractivity contribution in [3.63, 3.8) is 0 Å². The van der Waals surface area contributed by atoms with Crippen LogP contribution < -0.4 is 9.80 Å². The summed E-state index contributed by atoms with van der Waals surface area (Å²) in [6.07, 6.45) is 0. The lowest BCUT2D eigenvalue weighted by Gasteiger charge is -2.31. The van der Waals surface area contributed by atoms with E-state index in [2.05, 4.69) is 459 Å². The quantitative estimate of drug-likeness (QED) is 0.103. The zero-order chi connectivity index (χ0) is 82.1. The van der Waals surface area contributed by atoms with E-state index in [0.29, 0.717) is 0 Å². The topological polar surface area (TPSA) is 37.7 Å². The maximum atomic E-state index is 6.86. The van der Waals surface area contributed by atoms with Crippen LogP contribution in [0.5, 0.6) is 0 Å². The summed E-state index contributed by atoms with van der Waals surface area (Å²) in [5.41, 5.74) is 36.0. The molecule has 582 valence electrons. The summed E-state index contributed by atoms with van der Waals surface area (Å²) in [5.74, 6) is 0. The number of hydrogen-bond donors (Lipinski definition) is 0. The molecule has 5 nitrogen and oxygen atoms in total. The summed E-state index contributed by atoms with van der Waals surface area (Å²) in [6, 6.07) is 163. The summed E-state index contributed by atoms with van der Waals surface area (Å²) in [7, 11) is 0. The smallest absolute Gasteiger partial charge is 0.135 e. The predicted molar refractivity (Wildman–Crippen MR) is 521 cm³/mol. The Morgan fingerprint density at radius 1 is 0.218 bits per heavy atom. The van der Waals surface area contributed by atoms with E-state index < -0.39 is 0 Å². The highest BCUT2D eigenvalue weighted by molar-refractivity contribution is 6.13. The lowest BCUT2D eigenvalue weighted by Crippen LogP contribution is -2.16. The first-order valence-corrected chi connectivity index (χ1v) is 42.7. The van der Waals surface area contributed by atoms with Crippen molar-refractivity contribution in [2.75, 3.05) is 9.80 Å². The first-order chi connectivity index (χ1) is 61.2. The van der Waals surface area contributed by atoms with E-state index in [-0.39, 0.29) is 5.41 Å². The Hall–Kier alpha value is -16.1. The third-order valence-electron chi connectivity index (χ3n) is 26.0. The van der Waals surface area contributed by atoms with E-state index in [0.717, 1.165) is 161 Å². The van der Waals surface area contributed by atoms with Crippen molar-refractivity contribution in [3.05, 3.63) is 454 Å². The van der Waals surface area contributed by atoms with Gasteiger partial charge < -0.3 is 23.2 Å². The minimum Gasteiger partial charge on any atom is -0.456 e. The lowest BCUT2D eigenvalue weighted by molar-refractivity contribution is 0.662. The van der Waals surface area contributed by atoms with Crippen LogP contribution in [0.15, 0.2) is 452 Å². The number of nitrogens with zero attached hydrogens (tertiary/aromatic N) is 3. The molecule has 0 unspecified atom stereocenters. The van der Waals surface area contributed by atoms with Crippen molar-refractivity contribution in [1.82, 2.24) is 4.57 Å². The molecule has 23 aromatic rings. The van der Waals surface area contributed by atoms with Crippen LogP contribution in [0.2, 0.25) is 0 Å². The summed E-state index contributed by atoms with van der Waals surface area (Å²) in [6.45, 7) is 4.82. The van der Waals surface area contributed by atoms with Gasteiger partial charge in [-0.2, -0.15) is 0 Å². The zero-order valence-corrected chi connectivity index (χ0v) is 68.3. The van der Waals surface area contributed by atoms with Gasteiger partial charge in [0, 0.05) is 65.9 Å². The van der Waals surface area contributed by atoms with Gasteiger partial charge in [0.15, 0.2) is 0 Å². The second kappa shape index (κ2) is 29.1. The van der Waals surface area contributed by atoms with E-state index in [1.165, 1.54) is 76.8 Å². The van der Waals surface area contributed by atoms with Crippen LogP contribution >= 0.6 is 0 Å². The molecule has 3 aromatic heterocycles. The molecule has 0 amide bonds. The molecular weight excluding hydrogens is 1500 g/mol. The Labute approximate surface area is 718 Å². The third-order valence-corrected chi connectivity index (χ3v) is 26.0.